The van der Waals surface area contributed by atoms with Gasteiger partial charge in [0.1, 0.15) is 5.82 Å². The highest BCUT2D eigenvalue weighted by Gasteiger charge is 2.49. The molecular formula is C18H28FNO. The van der Waals surface area contributed by atoms with Crippen LogP contribution < -0.4 is 5.73 Å². The third-order valence-electron chi connectivity index (χ3n) is 5.68. The predicted molar refractivity (Wildman–Crippen MR) is 84.4 cm³/mol. The summed E-state index contributed by atoms with van der Waals surface area (Å²) in [5, 5.41) is 11.2. The number of nitrogens with two attached hydrogens (primary N) is 1. The van der Waals surface area contributed by atoms with E-state index in [-0.39, 0.29) is 11.2 Å². The van der Waals surface area contributed by atoms with E-state index in [9.17, 15) is 9.50 Å². The van der Waals surface area contributed by atoms with Crippen LogP contribution in [0.15, 0.2) is 18.2 Å². The molecule has 0 spiro atoms. The normalized spacial score (nSPS) is 29.1. The van der Waals surface area contributed by atoms with Crippen LogP contribution in [-0.2, 0) is 5.60 Å². The second kappa shape index (κ2) is 6.05. The third kappa shape index (κ3) is 2.86. The third-order valence-corrected chi connectivity index (χ3v) is 5.68. The lowest BCUT2D eigenvalue weighted by atomic mass is 9.59. The van der Waals surface area contributed by atoms with Crippen LogP contribution in [0.2, 0.25) is 0 Å². The van der Waals surface area contributed by atoms with Gasteiger partial charge in [0.25, 0.3) is 0 Å². The predicted octanol–water partition coefficient (Wildman–Crippen LogP) is 3.89. The summed E-state index contributed by atoms with van der Waals surface area (Å²) >= 11 is 0. The minimum absolute atomic E-state index is 0.261. The summed E-state index contributed by atoms with van der Waals surface area (Å²) in [5.74, 6) is 0.340. The van der Waals surface area contributed by atoms with Gasteiger partial charge in [-0.25, -0.2) is 4.39 Å². The zero-order valence-electron chi connectivity index (χ0n) is 13.5. The Hall–Kier alpha value is -0.930. The first kappa shape index (κ1) is 16.4. The fraction of sp³-hybridized carbons (Fsp3) is 0.667. The molecule has 0 aliphatic heterocycles. The highest BCUT2D eigenvalue weighted by molar-refractivity contribution is 5.30. The molecule has 0 heterocycles. The van der Waals surface area contributed by atoms with Crippen molar-refractivity contribution in [1.82, 2.24) is 0 Å². The van der Waals surface area contributed by atoms with E-state index in [4.69, 9.17) is 5.73 Å². The zero-order valence-corrected chi connectivity index (χ0v) is 13.5. The molecule has 3 atom stereocenters. The summed E-state index contributed by atoms with van der Waals surface area (Å²) < 4.78 is 13.9. The largest absolute Gasteiger partial charge is 0.385 e. The molecule has 3 N–H and O–H groups in total. The van der Waals surface area contributed by atoms with Crippen molar-refractivity contribution in [3.05, 3.63) is 35.1 Å². The van der Waals surface area contributed by atoms with Crippen molar-refractivity contribution in [3.8, 4) is 0 Å². The van der Waals surface area contributed by atoms with Gasteiger partial charge in [0.05, 0.1) is 5.60 Å². The Kier molecular flexibility index (Phi) is 4.74. The molecule has 3 unspecified atom stereocenters. The Balaban J connectivity index is 2.40. The minimum atomic E-state index is -1.09. The SMILES string of the molecule is CCC1CCCC(CN)(C(C)(O)c2ccc(C)c(F)c2)C1. The average molecular weight is 293 g/mol. The molecule has 1 aliphatic rings. The molecular weight excluding hydrogens is 265 g/mol. The van der Waals surface area contributed by atoms with Crippen molar-refractivity contribution < 1.29 is 9.50 Å². The molecule has 1 aromatic rings. The van der Waals surface area contributed by atoms with E-state index in [1.165, 1.54) is 12.5 Å². The lowest BCUT2D eigenvalue weighted by Gasteiger charge is -2.50. The van der Waals surface area contributed by atoms with Crippen molar-refractivity contribution in [2.75, 3.05) is 6.54 Å². The number of hydrogen-bond acceptors (Lipinski definition) is 2. The number of halogens is 1. The van der Waals surface area contributed by atoms with Gasteiger partial charge in [0.15, 0.2) is 0 Å². The van der Waals surface area contributed by atoms with Gasteiger partial charge in [-0.2, -0.15) is 0 Å². The van der Waals surface area contributed by atoms with Crippen LogP contribution in [0, 0.1) is 24.1 Å². The van der Waals surface area contributed by atoms with Gasteiger partial charge in [-0.15, -0.1) is 0 Å². The summed E-state index contributed by atoms with van der Waals surface area (Å²) in [4.78, 5) is 0. The molecule has 3 heteroatoms. The van der Waals surface area contributed by atoms with Gasteiger partial charge in [0.2, 0.25) is 0 Å². The zero-order chi connectivity index (χ0) is 15.7. The Bertz CT molecular complexity index is 500. The summed E-state index contributed by atoms with van der Waals surface area (Å²) in [6, 6.07) is 5.05. The van der Waals surface area contributed by atoms with Crippen LogP contribution >= 0.6 is 0 Å². The molecule has 0 amide bonds. The molecule has 1 aliphatic carbocycles. The van der Waals surface area contributed by atoms with E-state index in [0.717, 1.165) is 25.7 Å². The summed E-state index contributed by atoms with van der Waals surface area (Å²) in [6.07, 6.45) is 5.22. The molecule has 21 heavy (non-hydrogen) atoms. The van der Waals surface area contributed by atoms with E-state index < -0.39 is 5.60 Å². The Morgan fingerprint density at radius 3 is 2.76 bits per heavy atom. The van der Waals surface area contributed by atoms with Crippen LogP contribution in [0.5, 0.6) is 0 Å². The first-order valence-electron chi connectivity index (χ1n) is 8.05. The van der Waals surface area contributed by atoms with Crippen LogP contribution in [0.4, 0.5) is 4.39 Å². The van der Waals surface area contributed by atoms with Gasteiger partial charge in [-0.3, -0.25) is 0 Å². The standard InChI is InChI=1S/C18H28FNO/c1-4-14-6-5-9-18(11-14,12-20)17(3,21)15-8-7-13(2)16(19)10-15/h7-8,10,14,21H,4-6,9,11-12,20H2,1-3H3. The fourth-order valence-corrected chi connectivity index (χ4v) is 3.86. The molecule has 0 aromatic heterocycles. The Morgan fingerprint density at radius 1 is 1.48 bits per heavy atom. The lowest BCUT2D eigenvalue weighted by molar-refractivity contribution is -0.102. The van der Waals surface area contributed by atoms with E-state index >= 15 is 0 Å². The minimum Gasteiger partial charge on any atom is -0.385 e. The highest BCUT2D eigenvalue weighted by Crippen LogP contribution is 2.51. The molecule has 1 aromatic carbocycles. The van der Waals surface area contributed by atoms with Gasteiger partial charge >= 0.3 is 0 Å². The maximum atomic E-state index is 13.9. The fourth-order valence-electron chi connectivity index (χ4n) is 3.86. The highest BCUT2D eigenvalue weighted by atomic mass is 19.1. The Morgan fingerprint density at radius 2 is 2.19 bits per heavy atom. The smallest absolute Gasteiger partial charge is 0.126 e. The van der Waals surface area contributed by atoms with E-state index in [1.54, 1.807) is 13.0 Å². The van der Waals surface area contributed by atoms with Crippen molar-refractivity contribution >= 4 is 0 Å². The first-order chi connectivity index (χ1) is 9.86. The maximum Gasteiger partial charge on any atom is 0.126 e. The van der Waals surface area contributed by atoms with Gasteiger partial charge in [0, 0.05) is 12.0 Å². The summed E-state index contributed by atoms with van der Waals surface area (Å²) in [7, 11) is 0. The van der Waals surface area contributed by atoms with Crippen LogP contribution in [0.25, 0.3) is 0 Å². The molecule has 2 rings (SSSR count). The number of hydrogen-bond donors (Lipinski definition) is 2. The summed E-state index contributed by atoms with van der Waals surface area (Å²) in [5.41, 5.74) is 5.90. The van der Waals surface area contributed by atoms with Crippen LogP contribution in [0.3, 0.4) is 0 Å². The number of aryl methyl sites for hydroxylation is 1. The number of rotatable bonds is 4. The Labute approximate surface area is 127 Å². The average Bonchev–Trinajstić information content (AvgIpc) is 2.49. The van der Waals surface area contributed by atoms with Crippen molar-refractivity contribution in [2.45, 2.75) is 58.5 Å². The van der Waals surface area contributed by atoms with Crippen molar-refractivity contribution in [3.63, 3.8) is 0 Å². The molecule has 118 valence electrons. The lowest BCUT2D eigenvalue weighted by Crippen LogP contribution is -2.51. The van der Waals surface area contributed by atoms with Gasteiger partial charge < -0.3 is 10.8 Å². The molecule has 0 bridgehead atoms. The van der Waals surface area contributed by atoms with Gasteiger partial charge in [-0.05, 0) is 49.8 Å². The van der Waals surface area contributed by atoms with Crippen LogP contribution in [0.1, 0.15) is 57.1 Å². The van der Waals surface area contributed by atoms with Crippen LogP contribution in [-0.4, -0.2) is 11.7 Å². The molecule has 2 nitrogen and oxygen atoms in total. The monoisotopic (exact) mass is 293 g/mol. The van der Waals surface area contributed by atoms with E-state index in [1.807, 2.05) is 13.0 Å². The van der Waals surface area contributed by atoms with Crippen molar-refractivity contribution in [1.29, 1.82) is 0 Å². The van der Waals surface area contributed by atoms with E-state index in [2.05, 4.69) is 6.92 Å². The molecule has 1 fully saturated rings. The number of benzene rings is 1. The second-order valence-corrected chi connectivity index (χ2v) is 6.89. The van der Waals surface area contributed by atoms with E-state index in [0.29, 0.717) is 23.6 Å². The first-order valence-corrected chi connectivity index (χ1v) is 8.05. The molecule has 1 saturated carbocycles. The quantitative estimate of drug-likeness (QED) is 0.884. The topological polar surface area (TPSA) is 46.2 Å². The molecule has 0 radical (unpaired) electrons. The van der Waals surface area contributed by atoms with Gasteiger partial charge in [-0.1, -0.05) is 38.3 Å². The molecule has 0 saturated heterocycles. The maximum absolute atomic E-state index is 13.9. The van der Waals surface area contributed by atoms with Crippen molar-refractivity contribution in [2.24, 2.45) is 17.1 Å². The number of aliphatic hydroxyl groups is 1. The second-order valence-electron chi connectivity index (χ2n) is 6.89. The summed E-state index contributed by atoms with van der Waals surface area (Å²) in [6.45, 7) is 6.17.